The van der Waals surface area contributed by atoms with Crippen molar-refractivity contribution in [1.29, 1.82) is 0 Å². The highest BCUT2D eigenvalue weighted by Crippen LogP contribution is 2.23. The standard InChI is InChI=1S/C13H22N4O3S/c1-4-5-17(9-13(18)16(2)3)11-6-10(14)7-12(8-11)21(15,19)20/h6-8H,4-5,9,14H2,1-3H3,(H2,15,19,20). The Morgan fingerprint density at radius 3 is 2.33 bits per heavy atom. The molecule has 0 saturated heterocycles. The number of sulfonamides is 1. The zero-order valence-corrected chi connectivity index (χ0v) is 13.4. The van der Waals surface area contributed by atoms with Gasteiger partial charge in [-0.15, -0.1) is 0 Å². The number of benzene rings is 1. The number of rotatable bonds is 6. The second-order valence-electron chi connectivity index (χ2n) is 5.01. The van der Waals surface area contributed by atoms with Crippen LogP contribution in [0.2, 0.25) is 0 Å². The molecule has 0 aliphatic rings. The molecule has 0 saturated carbocycles. The predicted molar refractivity (Wildman–Crippen MR) is 83.4 cm³/mol. The van der Waals surface area contributed by atoms with Crippen LogP contribution in [-0.2, 0) is 14.8 Å². The van der Waals surface area contributed by atoms with E-state index in [0.717, 1.165) is 6.42 Å². The number of anilines is 2. The largest absolute Gasteiger partial charge is 0.399 e. The van der Waals surface area contributed by atoms with Gasteiger partial charge in [0.05, 0.1) is 11.4 Å². The summed E-state index contributed by atoms with van der Waals surface area (Å²) in [5, 5.41) is 5.14. The fourth-order valence-corrected chi connectivity index (χ4v) is 2.41. The molecule has 1 rings (SSSR count). The molecular weight excluding hydrogens is 292 g/mol. The molecular formula is C13H22N4O3S. The number of amides is 1. The third kappa shape index (κ3) is 4.91. The number of nitrogen functional groups attached to an aromatic ring is 1. The molecule has 0 atom stereocenters. The minimum absolute atomic E-state index is 0.0593. The van der Waals surface area contributed by atoms with Crippen LogP contribution in [0.4, 0.5) is 11.4 Å². The number of carbonyl (C=O) groups is 1. The Labute approximate surface area is 125 Å². The highest BCUT2D eigenvalue weighted by Gasteiger charge is 2.16. The smallest absolute Gasteiger partial charge is 0.241 e. The summed E-state index contributed by atoms with van der Waals surface area (Å²) in [5.41, 5.74) is 6.59. The zero-order chi connectivity index (χ0) is 16.2. The highest BCUT2D eigenvalue weighted by atomic mass is 32.2. The summed E-state index contributed by atoms with van der Waals surface area (Å²) in [6, 6.07) is 4.37. The van der Waals surface area contributed by atoms with E-state index < -0.39 is 10.0 Å². The summed E-state index contributed by atoms with van der Waals surface area (Å²) in [6.07, 6.45) is 0.806. The van der Waals surface area contributed by atoms with Crippen molar-refractivity contribution in [3.63, 3.8) is 0 Å². The molecule has 0 unspecified atom stereocenters. The van der Waals surface area contributed by atoms with Gasteiger partial charge in [0.2, 0.25) is 15.9 Å². The first-order chi connectivity index (χ1) is 9.65. The molecule has 21 heavy (non-hydrogen) atoms. The lowest BCUT2D eigenvalue weighted by Gasteiger charge is -2.26. The van der Waals surface area contributed by atoms with E-state index in [1.165, 1.54) is 17.0 Å². The Kier molecular flexibility index (Phi) is 5.56. The Bertz CT molecular complexity index is 614. The van der Waals surface area contributed by atoms with Crippen LogP contribution in [0.5, 0.6) is 0 Å². The van der Waals surface area contributed by atoms with Crippen LogP contribution in [0.25, 0.3) is 0 Å². The van der Waals surface area contributed by atoms with Crippen molar-refractivity contribution in [2.45, 2.75) is 18.2 Å². The van der Waals surface area contributed by atoms with Gasteiger partial charge in [-0.05, 0) is 24.6 Å². The van der Waals surface area contributed by atoms with Crippen molar-refractivity contribution in [1.82, 2.24) is 4.90 Å². The first-order valence-corrected chi connectivity index (χ1v) is 8.08. The van der Waals surface area contributed by atoms with Crippen LogP contribution in [0.15, 0.2) is 23.1 Å². The molecule has 1 aromatic carbocycles. The van der Waals surface area contributed by atoms with Gasteiger partial charge in [-0.1, -0.05) is 6.92 Å². The number of carbonyl (C=O) groups excluding carboxylic acids is 1. The lowest BCUT2D eigenvalue weighted by atomic mass is 10.2. The summed E-state index contributed by atoms with van der Waals surface area (Å²) < 4.78 is 23.0. The fraction of sp³-hybridized carbons (Fsp3) is 0.462. The Hall–Kier alpha value is -1.80. The maximum Gasteiger partial charge on any atom is 0.241 e. The van der Waals surface area contributed by atoms with Crippen LogP contribution >= 0.6 is 0 Å². The van der Waals surface area contributed by atoms with Crippen molar-refractivity contribution < 1.29 is 13.2 Å². The molecule has 0 aliphatic carbocycles. The number of primary sulfonamides is 1. The molecule has 1 amide bonds. The lowest BCUT2D eigenvalue weighted by molar-refractivity contribution is -0.127. The van der Waals surface area contributed by atoms with E-state index in [4.69, 9.17) is 10.9 Å². The number of hydrogen-bond donors (Lipinski definition) is 2. The van der Waals surface area contributed by atoms with Gasteiger partial charge in [0.25, 0.3) is 0 Å². The van der Waals surface area contributed by atoms with E-state index in [1.807, 2.05) is 6.92 Å². The average Bonchev–Trinajstić information content (AvgIpc) is 2.36. The summed E-state index contributed by atoms with van der Waals surface area (Å²) in [7, 11) is -0.507. The van der Waals surface area contributed by atoms with Crippen molar-refractivity contribution in [3.8, 4) is 0 Å². The maximum absolute atomic E-state index is 11.9. The van der Waals surface area contributed by atoms with Gasteiger partial charge >= 0.3 is 0 Å². The minimum Gasteiger partial charge on any atom is -0.399 e. The first kappa shape index (κ1) is 17.3. The molecule has 118 valence electrons. The maximum atomic E-state index is 11.9. The van der Waals surface area contributed by atoms with Crippen LogP contribution in [-0.4, -0.2) is 46.4 Å². The van der Waals surface area contributed by atoms with E-state index in [9.17, 15) is 13.2 Å². The Morgan fingerprint density at radius 2 is 1.86 bits per heavy atom. The minimum atomic E-state index is -3.84. The molecule has 1 aromatic rings. The van der Waals surface area contributed by atoms with E-state index in [2.05, 4.69) is 0 Å². The van der Waals surface area contributed by atoms with Crippen LogP contribution in [0.3, 0.4) is 0 Å². The molecule has 0 heterocycles. The predicted octanol–water partition coefficient (Wildman–Crippen LogP) is 0.221. The molecule has 0 radical (unpaired) electrons. The van der Waals surface area contributed by atoms with Crippen molar-refractivity contribution >= 4 is 27.3 Å². The quantitative estimate of drug-likeness (QED) is 0.730. The summed E-state index contributed by atoms with van der Waals surface area (Å²) in [6.45, 7) is 2.72. The van der Waals surface area contributed by atoms with E-state index >= 15 is 0 Å². The topological polar surface area (TPSA) is 110 Å². The second-order valence-corrected chi connectivity index (χ2v) is 6.58. The van der Waals surface area contributed by atoms with Crippen LogP contribution in [0.1, 0.15) is 13.3 Å². The van der Waals surface area contributed by atoms with Crippen LogP contribution < -0.4 is 15.8 Å². The van der Waals surface area contributed by atoms with E-state index in [0.29, 0.717) is 12.2 Å². The molecule has 0 aromatic heterocycles. The average molecular weight is 314 g/mol. The van der Waals surface area contributed by atoms with Gasteiger partial charge in [-0.2, -0.15) is 0 Å². The lowest BCUT2D eigenvalue weighted by Crippen LogP contribution is -2.37. The number of hydrogen-bond acceptors (Lipinski definition) is 5. The summed E-state index contributed by atoms with van der Waals surface area (Å²) in [5.74, 6) is -0.0805. The van der Waals surface area contributed by atoms with Crippen LogP contribution in [0, 0.1) is 0 Å². The van der Waals surface area contributed by atoms with E-state index in [-0.39, 0.29) is 23.0 Å². The Balaban J connectivity index is 3.19. The fourth-order valence-electron chi connectivity index (χ4n) is 1.83. The summed E-state index contributed by atoms with van der Waals surface area (Å²) >= 11 is 0. The molecule has 0 bridgehead atoms. The third-order valence-electron chi connectivity index (χ3n) is 2.93. The van der Waals surface area contributed by atoms with E-state index in [1.54, 1.807) is 25.1 Å². The van der Waals surface area contributed by atoms with Gasteiger partial charge in [0, 0.05) is 32.0 Å². The second kappa shape index (κ2) is 6.77. The Morgan fingerprint density at radius 1 is 1.24 bits per heavy atom. The monoisotopic (exact) mass is 314 g/mol. The number of likely N-dealkylation sites (N-methyl/N-ethyl adjacent to an activating group) is 1. The number of nitrogens with zero attached hydrogens (tertiary/aromatic N) is 2. The molecule has 7 nitrogen and oxygen atoms in total. The van der Waals surface area contributed by atoms with Gasteiger partial charge in [0.15, 0.2) is 0 Å². The third-order valence-corrected chi connectivity index (χ3v) is 3.82. The first-order valence-electron chi connectivity index (χ1n) is 6.53. The SMILES string of the molecule is CCCN(CC(=O)N(C)C)c1cc(N)cc(S(N)(=O)=O)c1. The normalized spacial score (nSPS) is 11.2. The molecule has 0 fully saturated rings. The molecule has 8 heteroatoms. The molecule has 0 aliphatic heterocycles. The van der Waals surface area contributed by atoms with Gasteiger partial charge in [-0.3, -0.25) is 4.79 Å². The van der Waals surface area contributed by atoms with Gasteiger partial charge in [-0.25, -0.2) is 13.6 Å². The molecule has 0 spiro atoms. The van der Waals surface area contributed by atoms with Crippen molar-refractivity contribution in [2.24, 2.45) is 5.14 Å². The summed E-state index contributed by atoms with van der Waals surface area (Å²) in [4.78, 5) is 15.1. The van der Waals surface area contributed by atoms with Crippen molar-refractivity contribution in [2.75, 3.05) is 37.8 Å². The number of nitrogens with two attached hydrogens (primary N) is 2. The van der Waals surface area contributed by atoms with Gasteiger partial charge < -0.3 is 15.5 Å². The van der Waals surface area contributed by atoms with Crippen molar-refractivity contribution in [3.05, 3.63) is 18.2 Å². The highest BCUT2D eigenvalue weighted by molar-refractivity contribution is 7.89. The zero-order valence-electron chi connectivity index (χ0n) is 12.5. The van der Waals surface area contributed by atoms with Gasteiger partial charge in [0.1, 0.15) is 0 Å². The molecule has 4 N–H and O–H groups in total.